The van der Waals surface area contributed by atoms with Crippen LogP contribution in [0.1, 0.15) is 39.0 Å². The summed E-state index contributed by atoms with van der Waals surface area (Å²) >= 11 is 9.61. The number of primary amides is 1. The SMILES string of the molecule is CC(C(N)=O)C1(n2c(Br)cc3cnc(Cl)nc32)CCCCC1. The van der Waals surface area contributed by atoms with Crippen LogP contribution in [0.3, 0.4) is 0 Å². The molecule has 22 heavy (non-hydrogen) atoms. The monoisotopic (exact) mass is 384 g/mol. The number of rotatable bonds is 3. The molecule has 3 rings (SSSR count). The Kier molecular flexibility index (Phi) is 4.16. The molecule has 2 N–H and O–H groups in total. The average Bonchev–Trinajstić information content (AvgIpc) is 2.82. The van der Waals surface area contributed by atoms with Crippen LogP contribution in [0, 0.1) is 5.92 Å². The molecule has 1 aliphatic carbocycles. The summed E-state index contributed by atoms with van der Waals surface area (Å²) < 4.78 is 2.99. The second-order valence-corrected chi connectivity index (χ2v) is 7.16. The van der Waals surface area contributed by atoms with Crippen LogP contribution in [-0.2, 0) is 10.3 Å². The molecule has 1 fully saturated rings. The van der Waals surface area contributed by atoms with Gasteiger partial charge < -0.3 is 10.3 Å². The summed E-state index contributed by atoms with van der Waals surface area (Å²) in [6, 6.07) is 1.97. The number of nitrogens with zero attached hydrogens (tertiary/aromatic N) is 3. The van der Waals surface area contributed by atoms with Gasteiger partial charge in [0.1, 0.15) is 5.65 Å². The highest BCUT2D eigenvalue weighted by atomic mass is 79.9. The Labute approximate surface area is 142 Å². The largest absolute Gasteiger partial charge is 0.369 e. The third-order valence-electron chi connectivity index (χ3n) is 4.86. The Morgan fingerprint density at radius 3 is 2.77 bits per heavy atom. The number of aromatic nitrogens is 3. The molecule has 2 heterocycles. The standard InChI is InChI=1S/C15H18BrClN4O/c1-9(12(18)22)15(5-3-2-4-6-15)21-11(16)7-10-8-19-14(17)20-13(10)21/h7-9H,2-6H2,1H3,(H2,18,22). The molecule has 1 saturated carbocycles. The van der Waals surface area contributed by atoms with Crippen molar-refractivity contribution in [2.24, 2.45) is 11.7 Å². The molecule has 0 radical (unpaired) electrons. The van der Waals surface area contributed by atoms with Crippen molar-refractivity contribution in [2.75, 3.05) is 0 Å². The van der Waals surface area contributed by atoms with Crippen LogP contribution in [0.5, 0.6) is 0 Å². The van der Waals surface area contributed by atoms with Gasteiger partial charge in [-0.15, -0.1) is 0 Å². The highest BCUT2D eigenvalue weighted by Crippen LogP contribution is 2.45. The Morgan fingerprint density at radius 2 is 2.14 bits per heavy atom. The minimum Gasteiger partial charge on any atom is -0.369 e. The normalized spacial score (nSPS) is 19.2. The zero-order valence-corrected chi connectivity index (χ0v) is 14.7. The molecule has 1 unspecified atom stereocenters. The van der Waals surface area contributed by atoms with Crippen LogP contribution >= 0.6 is 27.5 Å². The number of carbonyl (C=O) groups is 1. The van der Waals surface area contributed by atoms with Crippen LogP contribution in [-0.4, -0.2) is 20.4 Å². The van der Waals surface area contributed by atoms with Gasteiger partial charge in [-0.05, 0) is 46.4 Å². The molecule has 0 saturated heterocycles. The molecule has 118 valence electrons. The molecule has 2 aromatic rings. The van der Waals surface area contributed by atoms with Gasteiger partial charge in [-0.3, -0.25) is 4.79 Å². The lowest BCUT2D eigenvalue weighted by molar-refractivity contribution is -0.125. The number of nitrogens with two attached hydrogens (primary N) is 1. The van der Waals surface area contributed by atoms with Crippen LogP contribution in [0.2, 0.25) is 5.28 Å². The highest BCUT2D eigenvalue weighted by molar-refractivity contribution is 9.10. The van der Waals surface area contributed by atoms with Gasteiger partial charge in [0, 0.05) is 11.6 Å². The van der Waals surface area contributed by atoms with Crippen LogP contribution in [0.15, 0.2) is 16.9 Å². The fourth-order valence-electron chi connectivity index (χ4n) is 3.64. The van der Waals surface area contributed by atoms with Crippen molar-refractivity contribution in [3.8, 4) is 0 Å². The van der Waals surface area contributed by atoms with E-state index in [1.165, 1.54) is 6.42 Å². The van der Waals surface area contributed by atoms with E-state index in [2.05, 4.69) is 30.5 Å². The molecule has 1 aliphatic rings. The van der Waals surface area contributed by atoms with Crippen molar-refractivity contribution in [3.63, 3.8) is 0 Å². The highest BCUT2D eigenvalue weighted by Gasteiger charge is 2.43. The lowest BCUT2D eigenvalue weighted by Gasteiger charge is -2.43. The Hall–Kier alpha value is -1.14. The van der Waals surface area contributed by atoms with E-state index in [9.17, 15) is 4.79 Å². The van der Waals surface area contributed by atoms with E-state index in [0.717, 1.165) is 41.3 Å². The van der Waals surface area contributed by atoms with Gasteiger partial charge in [0.2, 0.25) is 11.2 Å². The maximum Gasteiger partial charge on any atom is 0.224 e. The van der Waals surface area contributed by atoms with Crippen LogP contribution in [0.25, 0.3) is 11.0 Å². The first-order chi connectivity index (χ1) is 10.5. The second-order valence-electron chi connectivity index (χ2n) is 6.01. The van der Waals surface area contributed by atoms with E-state index in [4.69, 9.17) is 17.3 Å². The fourth-order valence-corrected chi connectivity index (χ4v) is 4.54. The van der Waals surface area contributed by atoms with Gasteiger partial charge in [0.05, 0.1) is 16.1 Å². The summed E-state index contributed by atoms with van der Waals surface area (Å²) in [5, 5.41) is 1.11. The van der Waals surface area contributed by atoms with Gasteiger partial charge in [-0.1, -0.05) is 26.2 Å². The van der Waals surface area contributed by atoms with Crippen molar-refractivity contribution < 1.29 is 4.79 Å². The number of amides is 1. The number of fused-ring (bicyclic) bond motifs is 1. The van der Waals surface area contributed by atoms with Crippen LogP contribution in [0.4, 0.5) is 0 Å². The molecule has 1 atom stereocenters. The maximum absolute atomic E-state index is 11.9. The van der Waals surface area contributed by atoms with Crippen molar-refractivity contribution in [2.45, 2.75) is 44.6 Å². The predicted molar refractivity (Wildman–Crippen MR) is 89.7 cm³/mol. The van der Waals surface area contributed by atoms with E-state index < -0.39 is 0 Å². The molecular weight excluding hydrogens is 368 g/mol. The van der Waals surface area contributed by atoms with Gasteiger partial charge in [0.15, 0.2) is 0 Å². The van der Waals surface area contributed by atoms with Gasteiger partial charge >= 0.3 is 0 Å². The number of halogens is 2. The van der Waals surface area contributed by atoms with E-state index >= 15 is 0 Å². The maximum atomic E-state index is 11.9. The lowest BCUT2D eigenvalue weighted by atomic mass is 9.72. The third-order valence-corrected chi connectivity index (χ3v) is 5.63. The number of carbonyl (C=O) groups excluding carboxylic acids is 1. The summed E-state index contributed by atoms with van der Waals surface area (Å²) in [5.74, 6) is -0.566. The molecular formula is C15H18BrClN4O. The first-order valence-corrected chi connectivity index (χ1v) is 8.62. The quantitative estimate of drug-likeness (QED) is 0.820. The first-order valence-electron chi connectivity index (χ1n) is 7.45. The molecule has 7 heteroatoms. The molecule has 0 aromatic carbocycles. The van der Waals surface area contributed by atoms with E-state index in [1.54, 1.807) is 6.20 Å². The van der Waals surface area contributed by atoms with Crippen LogP contribution < -0.4 is 5.73 Å². The topological polar surface area (TPSA) is 73.8 Å². The van der Waals surface area contributed by atoms with Crippen molar-refractivity contribution in [1.29, 1.82) is 0 Å². The van der Waals surface area contributed by atoms with E-state index in [0.29, 0.717) is 0 Å². The van der Waals surface area contributed by atoms with E-state index in [-0.39, 0.29) is 22.6 Å². The van der Waals surface area contributed by atoms with Crippen molar-refractivity contribution >= 4 is 44.5 Å². The fraction of sp³-hybridized carbons (Fsp3) is 0.533. The molecule has 0 bridgehead atoms. The summed E-state index contributed by atoms with van der Waals surface area (Å²) in [7, 11) is 0. The predicted octanol–water partition coefficient (Wildman–Crippen LogP) is 3.63. The average molecular weight is 386 g/mol. The molecule has 0 aliphatic heterocycles. The number of hydrogen-bond acceptors (Lipinski definition) is 3. The lowest BCUT2D eigenvalue weighted by Crippen LogP contribution is -2.47. The molecule has 1 amide bonds. The molecule has 5 nitrogen and oxygen atoms in total. The zero-order valence-electron chi connectivity index (χ0n) is 12.4. The van der Waals surface area contributed by atoms with Gasteiger partial charge in [-0.25, -0.2) is 4.98 Å². The molecule has 0 spiro atoms. The summed E-state index contributed by atoms with van der Waals surface area (Å²) in [6.07, 6.45) is 6.84. The minimum atomic E-state index is -0.359. The van der Waals surface area contributed by atoms with Crippen molar-refractivity contribution in [1.82, 2.24) is 14.5 Å². The smallest absolute Gasteiger partial charge is 0.224 e. The summed E-state index contributed by atoms with van der Waals surface area (Å²) in [6.45, 7) is 1.91. The van der Waals surface area contributed by atoms with E-state index in [1.807, 2.05) is 13.0 Å². The van der Waals surface area contributed by atoms with Crippen molar-refractivity contribution in [3.05, 3.63) is 22.1 Å². The first kappa shape index (κ1) is 15.7. The third kappa shape index (κ3) is 2.42. The minimum absolute atomic E-state index is 0.206. The van der Waals surface area contributed by atoms with Gasteiger partial charge in [0.25, 0.3) is 0 Å². The Morgan fingerprint density at radius 1 is 1.45 bits per heavy atom. The summed E-state index contributed by atoms with van der Waals surface area (Å²) in [5.41, 5.74) is 6.05. The number of hydrogen-bond donors (Lipinski definition) is 1. The summed E-state index contributed by atoms with van der Waals surface area (Å²) in [4.78, 5) is 20.4. The Bertz CT molecular complexity index is 724. The molecule has 2 aromatic heterocycles. The Balaban J connectivity index is 2.26. The second kappa shape index (κ2) is 5.81. The van der Waals surface area contributed by atoms with Gasteiger partial charge in [-0.2, -0.15) is 4.98 Å². The zero-order chi connectivity index (χ0) is 15.9.